The number of hydrogen-bond donors (Lipinski definition) is 0. The Morgan fingerprint density at radius 3 is 0.935 bits per heavy atom. The fourth-order valence-electron chi connectivity index (χ4n) is 12.8. The summed E-state index contributed by atoms with van der Waals surface area (Å²) in [4.78, 5) is 38.3. The highest BCUT2D eigenvalue weighted by molar-refractivity contribution is 6.14. The third-order valence-electron chi connectivity index (χ3n) is 17.2. The van der Waals surface area contributed by atoms with Crippen molar-refractivity contribution in [3.63, 3.8) is 0 Å². The van der Waals surface area contributed by atoms with E-state index in [-0.39, 0.29) is 0 Å². The lowest BCUT2D eigenvalue weighted by Gasteiger charge is -2.21. The molecular formula is C83H53N9. The standard InChI is InChI=1S/C83H53N9/c1-8-25-54(26-9-1)61-44-47-76-66(49-61)65-39-22-23-42-73(65)92(76)77-69(82-87-78(57-31-14-4-15-32-57)85-79(88-82)58-33-16-5-17-34-58)52-64(53-70(77)83-89-80(59-35-18-6-19-36-59)86-81(90-83)60-37-20-7-21-38-60)91-74-46-43-62(55-27-10-2-11-28-55)50-67(74)68-51-63(45-48-75(68)91)72-41-24-40-71(84-72)56-29-12-3-13-30-56/h1-53H. The van der Waals surface area contributed by atoms with E-state index in [0.29, 0.717) is 34.9 Å². The Kier molecular flexibility index (Phi) is 13.3. The van der Waals surface area contributed by atoms with Crippen molar-refractivity contribution >= 4 is 43.6 Å². The summed E-state index contributed by atoms with van der Waals surface area (Å²) in [7, 11) is 0. The van der Waals surface area contributed by atoms with Crippen LogP contribution in [0.5, 0.6) is 0 Å². The predicted octanol–water partition coefficient (Wildman–Crippen LogP) is 20.3. The molecule has 0 amide bonds. The van der Waals surface area contributed by atoms with Crippen LogP contribution in [-0.4, -0.2) is 44.0 Å². The van der Waals surface area contributed by atoms with Crippen LogP contribution < -0.4 is 0 Å². The predicted molar refractivity (Wildman–Crippen MR) is 374 cm³/mol. The Morgan fingerprint density at radius 2 is 0.500 bits per heavy atom. The summed E-state index contributed by atoms with van der Waals surface area (Å²) in [6.45, 7) is 0. The SMILES string of the molecule is c1ccc(-c2ccc3c(c2)c2cc(-c4cccc(-c5ccccc5)n4)ccc2n3-c2cc(-c3nc(-c4ccccc4)nc(-c4ccccc4)n3)c(-n3c4ccccc4c4cc(-c5ccccc5)ccc43)c(-c3nc(-c4ccccc4)nc(-c4ccccc4)n3)c2)cc1. The van der Waals surface area contributed by atoms with E-state index in [1.165, 1.54) is 0 Å². The van der Waals surface area contributed by atoms with Gasteiger partial charge in [-0.05, 0) is 89.0 Å². The summed E-state index contributed by atoms with van der Waals surface area (Å²) in [5.41, 5.74) is 18.7. The van der Waals surface area contributed by atoms with Crippen molar-refractivity contribution in [2.24, 2.45) is 0 Å². The second-order valence-electron chi connectivity index (χ2n) is 22.9. The average molecular weight is 1180 g/mol. The molecule has 0 fully saturated rings. The van der Waals surface area contributed by atoms with Crippen LogP contribution in [0.25, 0.3) is 168 Å². The second kappa shape index (κ2) is 22.8. The van der Waals surface area contributed by atoms with Crippen LogP contribution in [0.2, 0.25) is 0 Å². The van der Waals surface area contributed by atoms with Crippen LogP contribution in [0.15, 0.2) is 322 Å². The largest absolute Gasteiger partial charge is 0.309 e. The van der Waals surface area contributed by atoms with Crippen molar-refractivity contribution in [3.05, 3.63) is 322 Å². The van der Waals surface area contributed by atoms with Gasteiger partial charge in [0.1, 0.15) is 0 Å². The summed E-state index contributed by atoms with van der Waals surface area (Å²) < 4.78 is 4.75. The summed E-state index contributed by atoms with van der Waals surface area (Å²) in [5.74, 6) is 3.04. The van der Waals surface area contributed by atoms with Gasteiger partial charge in [0.25, 0.3) is 0 Å². The molecule has 92 heavy (non-hydrogen) atoms. The molecule has 5 heterocycles. The molecule has 0 radical (unpaired) electrons. The minimum atomic E-state index is 0.460. The molecule has 9 heteroatoms. The zero-order valence-corrected chi connectivity index (χ0v) is 49.6. The lowest BCUT2D eigenvalue weighted by Crippen LogP contribution is -2.09. The van der Waals surface area contributed by atoms with Crippen LogP contribution in [0.1, 0.15) is 0 Å². The number of rotatable bonds is 12. The highest BCUT2D eigenvalue weighted by Crippen LogP contribution is 2.46. The van der Waals surface area contributed by atoms with Crippen molar-refractivity contribution in [2.75, 3.05) is 0 Å². The third-order valence-corrected chi connectivity index (χ3v) is 17.2. The first-order valence-corrected chi connectivity index (χ1v) is 30.8. The second-order valence-corrected chi connectivity index (χ2v) is 22.9. The number of nitrogens with zero attached hydrogens (tertiary/aromatic N) is 9. The maximum atomic E-state index is 5.61. The summed E-state index contributed by atoms with van der Waals surface area (Å²) in [6.07, 6.45) is 0. The minimum absolute atomic E-state index is 0.460. The van der Waals surface area contributed by atoms with E-state index in [0.717, 1.165) is 133 Å². The van der Waals surface area contributed by atoms with Crippen LogP contribution in [-0.2, 0) is 0 Å². The summed E-state index contributed by atoms with van der Waals surface area (Å²) in [5, 5.41) is 4.28. The molecule has 0 unspecified atom stereocenters. The van der Waals surface area contributed by atoms with Crippen molar-refractivity contribution in [3.8, 4) is 124 Å². The number of aromatic nitrogens is 9. The van der Waals surface area contributed by atoms with Gasteiger partial charge in [-0.3, -0.25) is 0 Å². The minimum Gasteiger partial charge on any atom is -0.309 e. The molecule has 0 saturated heterocycles. The highest BCUT2D eigenvalue weighted by atomic mass is 15.1. The topological polar surface area (TPSA) is 100 Å². The van der Waals surface area contributed by atoms with Gasteiger partial charge in [0.2, 0.25) is 0 Å². The maximum Gasteiger partial charge on any atom is 0.166 e. The molecule has 5 aromatic heterocycles. The first kappa shape index (κ1) is 53.6. The molecule has 0 saturated carbocycles. The van der Waals surface area contributed by atoms with Gasteiger partial charge in [0.15, 0.2) is 34.9 Å². The van der Waals surface area contributed by atoms with Gasteiger partial charge in [0.05, 0.1) is 39.1 Å². The van der Waals surface area contributed by atoms with Gasteiger partial charge >= 0.3 is 0 Å². The van der Waals surface area contributed by atoms with E-state index in [9.17, 15) is 0 Å². The average Bonchev–Trinajstić information content (AvgIpc) is 1.50. The van der Waals surface area contributed by atoms with Crippen molar-refractivity contribution in [1.29, 1.82) is 0 Å². The van der Waals surface area contributed by atoms with E-state index in [1.807, 2.05) is 78.9 Å². The Bertz CT molecular complexity index is 5340. The van der Waals surface area contributed by atoms with Crippen LogP contribution in [0, 0.1) is 0 Å². The normalized spacial score (nSPS) is 11.5. The number of hydrogen-bond acceptors (Lipinski definition) is 7. The van der Waals surface area contributed by atoms with Crippen LogP contribution in [0.4, 0.5) is 0 Å². The fraction of sp³-hybridized carbons (Fsp3) is 0. The van der Waals surface area contributed by atoms with Gasteiger partial charge in [-0.15, -0.1) is 0 Å². The van der Waals surface area contributed by atoms with E-state index >= 15 is 0 Å². The molecule has 0 N–H and O–H groups in total. The molecule has 9 nitrogen and oxygen atoms in total. The highest BCUT2D eigenvalue weighted by Gasteiger charge is 2.28. The zero-order valence-electron chi connectivity index (χ0n) is 49.6. The van der Waals surface area contributed by atoms with Crippen LogP contribution in [0.3, 0.4) is 0 Å². The molecule has 0 aliphatic carbocycles. The molecule has 0 aliphatic rings. The number of pyridine rings is 1. The van der Waals surface area contributed by atoms with Crippen LogP contribution >= 0.6 is 0 Å². The Balaban J connectivity index is 1.03. The fourth-order valence-corrected chi connectivity index (χ4v) is 12.8. The first-order valence-electron chi connectivity index (χ1n) is 30.8. The van der Waals surface area contributed by atoms with E-state index < -0.39 is 0 Å². The van der Waals surface area contributed by atoms with Crippen molar-refractivity contribution in [1.82, 2.24) is 44.0 Å². The maximum absolute atomic E-state index is 5.61. The quantitative estimate of drug-likeness (QED) is 0.120. The number of benzene rings is 12. The molecule has 0 atom stereocenters. The van der Waals surface area contributed by atoms with E-state index in [4.69, 9.17) is 34.9 Å². The molecule has 0 aliphatic heterocycles. The number of para-hydroxylation sites is 1. The molecule has 430 valence electrons. The van der Waals surface area contributed by atoms with Gasteiger partial charge in [-0.25, -0.2) is 34.9 Å². The molecule has 0 spiro atoms. The van der Waals surface area contributed by atoms with E-state index in [1.54, 1.807) is 0 Å². The summed E-state index contributed by atoms with van der Waals surface area (Å²) in [6, 6.07) is 112. The lowest BCUT2D eigenvalue weighted by molar-refractivity contribution is 1.05. The Hall–Kier alpha value is -12.6. The van der Waals surface area contributed by atoms with E-state index in [2.05, 4.69) is 252 Å². The number of fused-ring (bicyclic) bond motifs is 6. The third kappa shape index (κ3) is 9.74. The van der Waals surface area contributed by atoms with Crippen molar-refractivity contribution < 1.29 is 0 Å². The Labute approximate surface area is 530 Å². The molecule has 17 rings (SSSR count). The van der Waals surface area contributed by atoms with Gasteiger partial charge < -0.3 is 9.13 Å². The monoisotopic (exact) mass is 1180 g/mol. The molecular weight excluding hydrogens is 1120 g/mol. The Morgan fingerprint density at radius 1 is 0.185 bits per heavy atom. The zero-order chi connectivity index (χ0) is 60.9. The lowest BCUT2D eigenvalue weighted by atomic mass is 10.0. The summed E-state index contributed by atoms with van der Waals surface area (Å²) >= 11 is 0. The van der Waals surface area contributed by atoms with Gasteiger partial charge in [0, 0.05) is 71.7 Å². The van der Waals surface area contributed by atoms with Gasteiger partial charge in [-0.2, -0.15) is 0 Å². The smallest absolute Gasteiger partial charge is 0.166 e. The first-order chi connectivity index (χ1) is 45.6. The molecule has 12 aromatic carbocycles. The molecule has 0 bridgehead atoms. The molecule has 17 aromatic rings. The van der Waals surface area contributed by atoms with Crippen molar-refractivity contribution in [2.45, 2.75) is 0 Å². The van der Waals surface area contributed by atoms with Gasteiger partial charge in [-0.1, -0.05) is 255 Å².